The van der Waals surface area contributed by atoms with Gasteiger partial charge in [-0.2, -0.15) is 0 Å². The van der Waals surface area contributed by atoms with Gasteiger partial charge in [-0.25, -0.2) is 0 Å². The van der Waals surface area contributed by atoms with Crippen LogP contribution in [0.4, 0.5) is 0 Å². The van der Waals surface area contributed by atoms with Crippen LogP contribution < -0.4 is 5.32 Å². The summed E-state index contributed by atoms with van der Waals surface area (Å²) in [5, 5.41) is 3.48. The van der Waals surface area contributed by atoms with Crippen LogP contribution in [-0.2, 0) is 6.54 Å². The molecular weight excluding hydrogens is 224 g/mol. The summed E-state index contributed by atoms with van der Waals surface area (Å²) in [7, 11) is 2.19. The molecule has 1 N–H and O–H groups in total. The van der Waals surface area contributed by atoms with Crippen molar-refractivity contribution in [3.63, 3.8) is 0 Å². The van der Waals surface area contributed by atoms with Gasteiger partial charge in [-0.3, -0.25) is 9.88 Å². The SMILES string of the molecule is Cc1cccnc1CNCCN1CCN(C)CC1. The van der Waals surface area contributed by atoms with E-state index in [0.717, 1.165) is 25.3 Å². The Hall–Kier alpha value is -0.970. The zero-order chi connectivity index (χ0) is 12.8. The van der Waals surface area contributed by atoms with Crippen LogP contribution in [0.1, 0.15) is 11.3 Å². The molecule has 1 aromatic rings. The van der Waals surface area contributed by atoms with Crippen LogP contribution in [0.15, 0.2) is 18.3 Å². The molecule has 1 fully saturated rings. The molecule has 0 aliphatic carbocycles. The number of hydrogen-bond donors (Lipinski definition) is 1. The zero-order valence-corrected chi connectivity index (χ0v) is 11.5. The summed E-state index contributed by atoms with van der Waals surface area (Å²) in [4.78, 5) is 9.31. The van der Waals surface area contributed by atoms with E-state index in [1.54, 1.807) is 0 Å². The summed E-state index contributed by atoms with van der Waals surface area (Å²) in [5.74, 6) is 0. The van der Waals surface area contributed by atoms with Crippen molar-refractivity contribution in [2.24, 2.45) is 0 Å². The number of nitrogens with one attached hydrogen (secondary N) is 1. The minimum absolute atomic E-state index is 0.875. The van der Waals surface area contributed by atoms with Crippen molar-refractivity contribution in [3.8, 4) is 0 Å². The molecule has 18 heavy (non-hydrogen) atoms. The van der Waals surface area contributed by atoms with Crippen LogP contribution in [-0.4, -0.2) is 61.1 Å². The second kappa shape index (κ2) is 6.83. The predicted octanol–water partition coefficient (Wildman–Crippen LogP) is 0.727. The van der Waals surface area contributed by atoms with Crippen molar-refractivity contribution < 1.29 is 0 Å². The summed E-state index contributed by atoms with van der Waals surface area (Å²) >= 11 is 0. The highest BCUT2D eigenvalue weighted by Gasteiger charge is 2.12. The van der Waals surface area contributed by atoms with E-state index in [2.05, 4.69) is 40.1 Å². The van der Waals surface area contributed by atoms with Gasteiger partial charge in [-0.1, -0.05) is 6.07 Å². The molecule has 1 saturated heterocycles. The molecule has 4 nitrogen and oxygen atoms in total. The molecule has 0 unspecified atom stereocenters. The number of aryl methyl sites for hydroxylation is 1. The molecule has 1 aliphatic rings. The Morgan fingerprint density at radius 1 is 1.28 bits per heavy atom. The minimum atomic E-state index is 0.875. The fraction of sp³-hybridized carbons (Fsp3) is 0.643. The van der Waals surface area contributed by atoms with Gasteiger partial charge in [0.05, 0.1) is 5.69 Å². The first-order valence-corrected chi connectivity index (χ1v) is 6.78. The molecule has 0 aromatic carbocycles. The van der Waals surface area contributed by atoms with Gasteiger partial charge in [0.2, 0.25) is 0 Å². The van der Waals surface area contributed by atoms with Crippen LogP contribution in [0.25, 0.3) is 0 Å². The van der Waals surface area contributed by atoms with Crippen molar-refractivity contribution in [3.05, 3.63) is 29.6 Å². The maximum absolute atomic E-state index is 4.39. The van der Waals surface area contributed by atoms with Gasteiger partial charge in [0.1, 0.15) is 0 Å². The fourth-order valence-electron chi connectivity index (χ4n) is 2.22. The van der Waals surface area contributed by atoms with Gasteiger partial charge in [0, 0.05) is 52.0 Å². The number of aromatic nitrogens is 1. The van der Waals surface area contributed by atoms with Crippen LogP contribution in [0, 0.1) is 6.92 Å². The highest BCUT2D eigenvalue weighted by molar-refractivity contribution is 5.17. The van der Waals surface area contributed by atoms with E-state index in [1.807, 2.05) is 12.3 Å². The Balaban J connectivity index is 1.63. The molecule has 0 atom stereocenters. The average Bonchev–Trinajstić information content (AvgIpc) is 2.39. The van der Waals surface area contributed by atoms with E-state index < -0.39 is 0 Å². The monoisotopic (exact) mass is 248 g/mol. The number of hydrogen-bond acceptors (Lipinski definition) is 4. The van der Waals surface area contributed by atoms with Gasteiger partial charge >= 0.3 is 0 Å². The fourth-order valence-corrected chi connectivity index (χ4v) is 2.22. The molecule has 0 spiro atoms. The molecule has 1 aromatic heterocycles. The minimum Gasteiger partial charge on any atom is -0.310 e. The Kier molecular flexibility index (Phi) is 5.11. The first-order valence-electron chi connectivity index (χ1n) is 6.78. The van der Waals surface area contributed by atoms with Crippen LogP contribution >= 0.6 is 0 Å². The molecule has 2 rings (SSSR count). The van der Waals surface area contributed by atoms with Crippen molar-refractivity contribution in [1.82, 2.24) is 20.1 Å². The molecule has 0 radical (unpaired) electrons. The lowest BCUT2D eigenvalue weighted by molar-refractivity contribution is 0.154. The zero-order valence-electron chi connectivity index (χ0n) is 11.5. The van der Waals surface area contributed by atoms with Crippen molar-refractivity contribution in [2.75, 3.05) is 46.3 Å². The molecule has 2 heterocycles. The number of rotatable bonds is 5. The summed E-state index contributed by atoms with van der Waals surface area (Å²) in [6.45, 7) is 9.95. The van der Waals surface area contributed by atoms with Gasteiger partial charge < -0.3 is 10.2 Å². The average molecular weight is 248 g/mol. The normalized spacial score (nSPS) is 18.1. The Bertz CT molecular complexity index is 359. The Labute approximate surface area is 110 Å². The molecule has 0 bridgehead atoms. The smallest absolute Gasteiger partial charge is 0.0570 e. The summed E-state index contributed by atoms with van der Waals surface area (Å²) in [6, 6.07) is 4.10. The first-order chi connectivity index (χ1) is 8.75. The topological polar surface area (TPSA) is 31.4 Å². The van der Waals surface area contributed by atoms with Crippen LogP contribution in [0.2, 0.25) is 0 Å². The quantitative estimate of drug-likeness (QED) is 0.778. The number of nitrogens with zero attached hydrogens (tertiary/aromatic N) is 3. The van der Waals surface area contributed by atoms with E-state index >= 15 is 0 Å². The van der Waals surface area contributed by atoms with E-state index in [-0.39, 0.29) is 0 Å². The Morgan fingerprint density at radius 2 is 2.06 bits per heavy atom. The highest BCUT2D eigenvalue weighted by Crippen LogP contribution is 2.02. The third kappa shape index (κ3) is 4.05. The second-order valence-corrected chi connectivity index (χ2v) is 5.09. The van der Waals surface area contributed by atoms with Gasteiger partial charge in [0.25, 0.3) is 0 Å². The predicted molar refractivity (Wildman–Crippen MR) is 74.6 cm³/mol. The third-order valence-corrected chi connectivity index (χ3v) is 3.61. The molecular formula is C14H24N4. The van der Waals surface area contributed by atoms with Crippen molar-refractivity contribution >= 4 is 0 Å². The van der Waals surface area contributed by atoms with Crippen LogP contribution in [0.5, 0.6) is 0 Å². The largest absolute Gasteiger partial charge is 0.310 e. The Morgan fingerprint density at radius 3 is 2.78 bits per heavy atom. The number of piperazine rings is 1. The first kappa shape index (κ1) is 13.5. The summed E-state index contributed by atoms with van der Waals surface area (Å²) in [5.41, 5.74) is 2.43. The standard InChI is InChI=1S/C14H24N4/c1-13-4-3-5-16-14(13)12-15-6-7-18-10-8-17(2)9-11-18/h3-5,15H,6-12H2,1-2H3. The lowest BCUT2D eigenvalue weighted by atomic mass is 10.2. The third-order valence-electron chi connectivity index (χ3n) is 3.61. The van der Waals surface area contributed by atoms with Crippen molar-refractivity contribution in [1.29, 1.82) is 0 Å². The number of likely N-dealkylation sites (N-methyl/N-ethyl adjacent to an activating group) is 1. The maximum Gasteiger partial charge on any atom is 0.0570 e. The van der Waals surface area contributed by atoms with Gasteiger partial charge in [-0.15, -0.1) is 0 Å². The van der Waals surface area contributed by atoms with Crippen molar-refractivity contribution in [2.45, 2.75) is 13.5 Å². The van der Waals surface area contributed by atoms with Crippen LogP contribution in [0.3, 0.4) is 0 Å². The van der Waals surface area contributed by atoms with E-state index in [4.69, 9.17) is 0 Å². The van der Waals surface area contributed by atoms with E-state index in [1.165, 1.54) is 31.7 Å². The summed E-state index contributed by atoms with van der Waals surface area (Å²) < 4.78 is 0. The van der Waals surface area contributed by atoms with E-state index in [9.17, 15) is 0 Å². The summed E-state index contributed by atoms with van der Waals surface area (Å²) in [6.07, 6.45) is 1.87. The molecule has 0 saturated carbocycles. The van der Waals surface area contributed by atoms with Gasteiger partial charge in [-0.05, 0) is 25.6 Å². The lowest BCUT2D eigenvalue weighted by Crippen LogP contribution is -2.46. The lowest BCUT2D eigenvalue weighted by Gasteiger charge is -2.32. The second-order valence-electron chi connectivity index (χ2n) is 5.09. The van der Waals surface area contributed by atoms with Gasteiger partial charge in [0.15, 0.2) is 0 Å². The molecule has 100 valence electrons. The highest BCUT2D eigenvalue weighted by atomic mass is 15.2. The molecule has 4 heteroatoms. The number of pyridine rings is 1. The molecule has 1 aliphatic heterocycles. The maximum atomic E-state index is 4.39. The molecule has 0 amide bonds. The van der Waals surface area contributed by atoms with E-state index in [0.29, 0.717) is 0 Å².